The quantitative estimate of drug-likeness (QED) is 0.261. The van der Waals surface area contributed by atoms with E-state index in [0.717, 1.165) is 22.2 Å². The first-order valence-corrected chi connectivity index (χ1v) is 11.4. The molecule has 0 aliphatic rings. The maximum Gasteiger partial charge on any atom is 0.255 e. The third-order valence-electron chi connectivity index (χ3n) is 5.50. The minimum absolute atomic E-state index is 0.171. The highest BCUT2D eigenvalue weighted by Gasteiger charge is 2.11. The highest BCUT2D eigenvalue weighted by atomic mass is 35.5. The summed E-state index contributed by atoms with van der Waals surface area (Å²) in [6.45, 7) is 1.89. The Balaban J connectivity index is 1.31. The second-order valence-corrected chi connectivity index (χ2v) is 8.62. The van der Waals surface area contributed by atoms with Gasteiger partial charge in [-0.25, -0.2) is 4.98 Å². The number of aryl methyl sites for hydroxylation is 1. The normalized spacial score (nSPS) is 10.8. The van der Waals surface area contributed by atoms with Gasteiger partial charge in [-0.2, -0.15) is 0 Å². The van der Waals surface area contributed by atoms with Crippen molar-refractivity contribution in [3.8, 4) is 11.4 Å². The Hall–Kier alpha value is -4.42. The van der Waals surface area contributed by atoms with Crippen molar-refractivity contribution >= 4 is 45.8 Å². The number of aromatic nitrogens is 2. The Bertz CT molecular complexity index is 1520. The minimum atomic E-state index is -0.225. The molecule has 7 heteroatoms. The van der Waals surface area contributed by atoms with E-state index in [9.17, 15) is 9.59 Å². The number of halogens is 1. The largest absolute Gasteiger partial charge is 0.338 e. The molecular weight excluding hydrogens is 460 g/mol. The molecule has 0 saturated carbocycles. The molecule has 0 radical (unpaired) electrons. The van der Waals surface area contributed by atoms with Gasteiger partial charge >= 0.3 is 0 Å². The van der Waals surface area contributed by atoms with E-state index in [1.165, 1.54) is 0 Å². The van der Waals surface area contributed by atoms with Gasteiger partial charge in [0.25, 0.3) is 11.8 Å². The molecule has 0 fully saturated rings. The Morgan fingerprint density at radius 2 is 1.46 bits per heavy atom. The molecule has 4 aromatic carbocycles. The van der Waals surface area contributed by atoms with E-state index in [1.807, 2.05) is 67.6 Å². The monoisotopic (exact) mass is 480 g/mol. The van der Waals surface area contributed by atoms with E-state index < -0.39 is 0 Å². The summed E-state index contributed by atoms with van der Waals surface area (Å²) in [4.78, 5) is 33.0. The van der Waals surface area contributed by atoms with Crippen molar-refractivity contribution in [1.82, 2.24) is 9.97 Å². The van der Waals surface area contributed by atoms with Crippen LogP contribution in [-0.2, 0) is 0 Å². The first-order chi connectivity index (χ1) is 16.9. The number of aromatic amines is 1. The molecule has 0 saturated heterocycles. The lowest BCUT2D eigenvalue weighted by Crippen LogP contribution is -2.12. The van der Waals surface area contributed by atoms with Gasteiger partial charge in [0.05, 0.1) is 11.0 Å². The van der Waals surface area contributed by atoms with Gasteiger partial charge < -0.3 is 15.6 Å². The average molecular weight is 481 g/mol. The molecule has 2 amide bonds. The summed E-state index contributed by atoms with van der Waals surface area (Å²) in [6, 6.07) is 27.3. The number of H-pyrrole nitrogens is 1. The molecular formula is C28H21ClN4O2. The maximum absolute atomic E-state index is 12.6. The first-order valence-electron chi connectivity index (χ1n) is 11.0. The summed E-state index contributed by atoms with van der Waals surface area (Å²) < 4.78 is 0. The van der Waals surface area contributed by atoms with Gasteiger partial charge in [-0.3, -0.25) is 9.59 Å². The molecule has 35 heavy (non-hydrogen) atoms. The Kier molecular flexibility index (Phi) is 6.04. The molecule has 0 bridgehead atoms. The lowest BCUT2D eigenvalue weighted by Gasteiger charge is -2.07. The number of carbonyl (C=O) groups is 2. The minimum Gasteiger partial charge on any atom is -0.338 e. The summed E-state index contributed by atoms with van der Waals surface area (Å²) in [6.07, 6.45) is 0. The Labute approximate surface area is 207 Å². The van der Waals surface area contributed by atoms with Crippen LogP contribution in [-0.4, -0.2) is 21.8 Å². The predicted octanol–water partition coefficient (Wildman–Crippen LogP) is 6.70. The van der Waals surface area contributed by atoms with Crippen LogP contribution >= 0.6 is 11.6 Å². The number of amides is 2. The van der Waals surface area contributed by atoms with Crippen molar-refractivity contribution in [2.75, 3.05) is 10.6 Å². The molecule has 3 N–H and O–H groups in total. The van der Waals surface area contributed by atoms with Gasteiger partial charge in [0.15, 0.2) is 0 Å². The molecule has 0 unspecified atom stereocenters. The number of benzene rings is 4. The third kappa shape index (κ3) is 5.08. The average Bonchev–Trinajstić information content (AvgIpc) is 3.28. The van der Waals surface area contributed by atoms with Crippen LogP contribution in [0.5, 0.6) is 0 Å². The zero-order valence-electron chi connectivity index (χ0n) is 18.8. The van der Waals surface area contributed by atoms with Crippen molar-refractivity contribution in [2.24, 2.45) is 0 Å². The van der Waals surface area contributed by atoms with Crippen LogP contribution in [0.2, 0.25) is 5.02 Å². The molecule has 0 spiro atoms. The molecule has 0 aliphatic heterocycles. The first kappa shape index (κ1) is 22.4. The fraction of sp³-hybridized carbons (Fsp3) is 0.0357. The lowest BCUT2D eigenvalue weighted by atomic mass is 10.1. The predicted molar refractivity (Wildman–Crippen MR) is 140 cm³/mol. The van der Waals surface area contributed by atoms with Crippen LogP contribution in [0.1, 0.15) is 26.3 Å². The van der Waals surface area contributed by atoms with Crippen molar-refractivity contribution in [3.63, 3.8) is 0 Å². The van der Waals surface area contributed by atoms with Crippen molar-refractivity contribution in [2.45, 2.75) is 6.92 Å². The van der Waals surface area contributed by atoms with Crippen molar-refractivity contribution < 1.29 is 9.59 Å². The van der Waals surface area contributed by atoms with Crippen LogP contribution in [0.4, 0.5) is 11.4 Å². The van der Waals surface area contributed by atoms with Gasteiger partial charge in [0.2, 0.25) is 0 Å². The Morgan fingerprint density at radius 1 is 0.771 bits per heavy atom. The Morgan fingerprint density at radius 3 is 2.20 bits per heavy atom. The summed E-state index contributed by atoms with van der Waals surface area (Å²) >= 11 is 6.07. The molecule has 1 aromatic heterocycles. The van der Waals surface area contributed by atoms with E-state index >= 15 is 0 Å². The molecule has 5 rings (SSSR count). The zero-order chi connectivity index (χ0) is 24.4. The maximum atomic E-state index is 12.6. The fourth-order valence-corrected chi connectivity index (χ4v) is 4.09. The summed E-state index contributed by atoms with van der Waals surface area (Å²) in [5.74, 6) is 0.294. The zero-order valence-corrected chi connectivity index (χ0v) is 19.6. The number of hydrogen-bond donors (Lipinski definition) is 3. The van der Waals surface area contributed by atoms with Crippen LogP contribution < -0.4 is 10.6 Å². The number of nitrogens with zero attached hydrogens (tertiary/aromatic N) is 1. The van der Waals surface area contributed by atoms with Crippen LogP contribution in [0.15, 0.2) is 91.0 Å². The number of nitrogens with one attached hydrogen (secondary N) is 3. The van der Waals surface area contributed by atoms with Gasteiger partial charge in [-0.15, -0.1) is 0 Å². The lowest BCUT2D eigenvalue weighted by molar-refractivity contribution is 0.101. The van der Waals surface area contributed by atoms with Gasteiger partial charge in [0, 0.05) is 33.1 Å². The SMILES string of the molecule is Cc1cc(Cl)cc(C(=O)Nc2ccc(-c3nc4ccc(NC(=O)c5ccccc5)cc4[nH]3)cc2)c1. The highest BCUT2D eigenvalue weighted by Crippen LogP contribution is 2.25. The fourth-order valence-electron chi connectivity index (χ4n) is 3.80. The summed E-state index contributed by atoms with van der Waals surface area (Å²) in [5, 5.41) is 6.32. The number of anilines is 2. The molecule has 5 aromatic rings. The number of rotatable bonds is 5. The summed E-state index contributed by atoms with van der Waals surface area (Å²) in [7, 11) is 0. The smallest absolute Gasteiger partial charge is 0.255 e. The van der Waals surface area contributed by atoms with Gasteiger partial charge in [0.1, 0.15) is 5.82 Å². The molecule has 0 aliphatic carbocycles. The van der Waals surface area contributed by atoms with Gasteiger partial charge in [-0.05, 0) is 85.3 Å². The third-order valence-corrected chi connectivity index (χ3v) is 5.71. The summed E-state index contributed by atoms with van der Waals surface area (Å²) in [5.41, 5.74) is 5.82. The topological polar surface area (TPSA) is 86.9 Å². The molecule has 1 heterocycles. The molecule has 6 nitrogen and oxygen atoms in total. The number of fused-ring (bicyclic) bond motifs is 1. The van der Waals surface area contributed by atoms with Crippen LogP contribution in [0, 0.1) is 6.92 Å². The standard InChI is InChI=1S/C28H21ClN4O2/c1-17-13-20(15-21(29)14-17)28(35)30-22-9-7-18(8-10-22)26-32-24-12-11-23(16-25(24)33-26)31-27(34)19-5-3-2-4-6-19/h2-16H,1H3,(H,30,35)(H,31,34)(H,32,33). The van der Waals surface area contributed by atoms with Crippen LogP contribution in [0.25, 0.3) is 22.4 Å². The molecule has 0 atom stereocenters. The van der Waals surface area contributed by atoms with E-state index in [-0.39, 0.29) is 11.8 Å². The van der Waals surface area contributed by atoms with E-state index in [2.05, 4.69) is 20.6 Å². The van der Waals surface area contributed by atoms with Crippen LogP contribution in [0.3, 0.4) is 0 Å². The number of imidazole rings is 1. The number of carbonyl (C=O) groups excluding carboxylic acids is 2. The molecule has 172 valence electrons. The van der Waals surface area contributed by atoms with E-state index in [1.54, 1.807) is 30.3 Å². The van der Waals surface area contributed by atoms with E-state index in [4.69, 9.17) is 11.6 Å². The highest BCUT2D eigenvalue weighted by molar-refractivity contribution is 6.31. The van der Waals surface area contributed by atoms with Gasteiger partial charge in [-0.1, -0.05) is 29.8 Å². The van der Waals surface area contributed by atoms with Crippen molar-refractivity contribution in [3.05, 3.63) is 113 Å². The second kappa shape index (κ2) is 9.44. The second-order valence-electron chi connectivity index (χ2n) is 8.19. The van der Waals surface area contributed by atoms with Crippen molar-refractivity contribution in [1.29, 1.82) is 0 Å². The van der Waals surface area contributed by atoms with E-state index in [0.29, 0.717) is 33.3 Å². The number of hydrogen-bond acceptors (Lipinski definition) is 3.